The molecule has 0 saturated carbocycles. The number of fused-ring (bicyclic) bond motifs is 1. The molecule has 0 radical (unpaired) electrons. The summed E-state index contributed by atoms with van der Waals surface area (Å²) in [6, 6.07) is 1.76. The third-order valence-electron chi connectivity index (χ3n) is 3.90. The molecule has 10 heteroatoms. The number of anilines is 2. The first-order valence-corrected chi connectivity index (χ1v) is 7.73. The van der Waals surface area contributed by atoms with Gasteiger partial charge >= 0.3 is 5.69 Å². The third-order valence-corrected chi connectivity index (χ3v) is 3.90. The summed E-state index contributed by atoms with van der Waals surface area (Å²) in [5.41, 5.74) is 1.65. The third kappa shape index (κ3) is 3.24. The molecule has 1 N–H and O–H groups in total. The summed E-state index contributed by atoms with van der Waals surface area (Å²) in [6.45, 7) is 3.75. The number of hydrogen-bond donors (Lipinski definition) is 1. The van der Waals surface area contributed by atoms with Gasteiger partial charge in [-0.05, 0) is 30.5 Å². The molecule has 1 saturated heterocycles. The van der Waals surface area contributed by atoms with E-state index in [2.05, 4.69) is 15.6 Å². The predicted molar refractivity (Wildman–Crippen MR) is 88.5 cm³/mol. The van der Waals surface area contributed by atoms with E-state index in [4.69, 9.17) is 9.37 Å². The number of aromatic nitrogens is 2. The average molecular weight is 336 g/mol. The lowest BCUT2D eigenvalue weighted by Crippen LogP contribution is -2.36. The van der Waals surface area contributed by atoms with Crippen molar-refractivity contribution in [2.45, 2.75) is 0 Å². The molecule has 1 aliphatic heterocycles. The second kappa shape index (κ2) is 6.97. The van der Waals surface area contributed by atoms with Crippen LogP contribution in [0.1, 0.15) is 0 Å². The summed E-state index contributed by atoms with van der Waals surface area (Å²) in [6.07, 6.45) is 0. The molecule has 0 unspecified atom stereocenters. The second-order valence-corrected chi connectivity index (χ2v) is 5.84. The number of nitrogens with zero attached hydrogens (tertiary/aromatic N) is 5. The molecule has 0 bridgehead atoms. The van der Waals surface area contributed by atoms with Crippen molar-refractivity contribution in [3.05, 3.63) is 16.2 Å². The molecule has 2 heterocycles. The number of nitro benzene ring substituents is 1. The number of benzene rings is 1. The van der Waals surface area contributed by atoms with E-state index in [-0.39, 0.29) is 11.2 Å². The van der Waals surface area contributed by atoms with Crippen LogP contribution in [0.25, 0.3) is 11.0 Å². The van der Waals surface area contributed by atoms with Crippen LogP contribution in [0.15, 0.2) is 10.7 Å². The van der Waals surface area contributed by atoms with Crippen molar-refractivity contribution in [2.24, 2.45) is 0 Å². The summed E-state index contributed by atoms with van der Waals surface area (Å²) >= 11 is 0. The Bertz CT molecular complexity index is 725. The molecular weight excluding hydrogens is 316 g/mol. The topological polar surface area (TPSA) is 110 Å². The van der Waals surface area contributed by atoms with Crippen molar-refractivity contribution in [1.29, 1.82) is 0 Å². The van der Waals surface area contributed by atoms with Crippen molar-refractivity contribution in [2.75, 3.05) is 63.7 Å². The lowest BCUT2D eigenvalue weighted by molar-refractivity contribution is -0.382. The van der Waals surface area contributed by atoms with Crippen molar-refractivity contribution >= 4 is 28.1 Å². The van der Waals surface area contributed by atoms with Crippen LogP contribution in [-0.2, 0) is 4.74 Å². The predicted octanol–water partition coefficient (Wildman–Crippen LogP) is 0.941. The first-order valence-electron chi connectivity index (χ1n) is 7.73. The number of likely N-dealkylation sites (N-methyl/N-ethyl adjacent to an activating group) is 1. The van der Waals surface area contributed by atoms with Gasteiger partial charge in [0.05, 0.1) is 23.8 Å². The van der Waals surface area contributed by atoms with Crippen LogP contribution in [0.2, 0.25) is 0 Å². The van der Waals surface area contributed by atoms with Gasteiger partial charge in [0.25, 0.3) is 0 Å². The average Bonchev–Trinajstić information content (AvgIpc) is 3.04. The van der Waals surface area contributed by atoms with E-state index in [0.29, 0.717) is 49.7 Å². The molecule has 2 aromatic rings. The van der Waals surface area contributed by atoms with Crippen LogP contribution >= 0.6 is 0 Å². The Morgan fingerprint density at radius 3 is 2.71 bits per heavy atom. The van der Waals surface area contributed by atoms with E-state index in [1.54, 1.807) is 6.07 Å². The van der Waals surface area contributed by atoms with Crippen molar-refractivity contribution in [3.8, 4) is 0 Å². The fraction of sp³-hybridized carbons (Fsp3) is 0.571. The molecule has 0 aliphatic carbocycles. The van der Waals surface area contributed by atoms with Crippen LogP contribution in [0, 0.1) is 10.1 Å². The number of nitrogens with one attached hydrogen (secondary N) is 1. The van der Waals surface area contributed by atoms with Crippen LogP contribution in [0.3, 0.4) is 0 Å². The summed E-state index contributed by atoms with van der Waals surface area (Å²) in [5.74, 6) is 0. The lowest BCUT2D eigenvalue weighted by Gasteiger charge is -2.28. The fourth-order valence-electron chi connectivity index (χ4n) is 2.69. The zero-order valence-corrected chi connectivity index (χ0v) is 13.7. The Labute approximate surface area is 138 Å². The maximum Gasteiger partial charge on any atom is 0.323 e. The molecule has 0 spiro atoms. The standard InChI is InChI=1S/C14H20N6O4/c1-18(2)4-3-15-10-9-11(19-5-7-23-8-6-19)14(20(21)22)13-12(10)16-24-17-13/h9,15H,3-8H2,1-2H3. The van der Waals surface area contributed by atoms with Gasteiger partial charge in [-0.15, -0.1) is 0 Å². The van der Waals surface area contributed by atoms with Crippen LogP contribution in [-0.4, -0.2) is 73.6 Å². The van der Waals surface area contributed by atoms with Gasteiger partial charge in [0.1, 0.15) is 5.69 Å². The normalized spacial score (nSPS) is 15.2. The van der Waals surface area contributed by atoms with E-state index in [1.807, 2.05) is 23.9 Å². The first-order chi connectivity index (χ1) is 11.6. The lowest BCUT2D eigenvalue weighted by atomic mass is 10.1. The number of rotatable bonds is 6. The monoisotopic (exact) mass is 336 g/mol. The summed E-state index contributed by atoms with van der Waals surface area (Å²) in [7, 11) is 3.95. The molecule has 0 atom stereocenters. The largest absolute Gasteiger partial charge is 0.382 e. The summed E-state index contributed by atoms with van der Waals surface area (Å²) < 4.78 is 10.1. The van der Waals surface area contributed by atoms with E-state index < -0.39 is 4.92 Å². The zero-order chi connectivity index (χ0) is 17.1. The Hall–Kier alpha value is -2.46. The van der Waals surface area contributed by atoms with E-state index >= 15 is 0 Å². The number of hydrogen-bond acceptors (Lipinski definition) is 9. The van der Waals surface area contributed by atoms with E-state index in [0.717, 1.165) is 6.54 Å². The zero-order valence-electron chi connectivity index (χ0n) is 13.7. The molecule has 3 rings (SSSR count). The van der Waals surface area contributed by atoms with Crippen molar-refractivity contribution in [1.82, 2.24) is 15.2 Å². The molecule has 130 valence electrons. The van der Waals surface area contributed by atoms with Crippen molar-refractivity contribution in [3.63, 3.8) is 0 Å². The summed E-state index contributed by atoms with van der Waals surface area (Å²) in [5, 5.41) is 22.5. The molecule has 1 fully saturated rings. The highest BCUT2D eigenvalue weighted by Gasteiger charge is 2.29. The van der Waals surface area contributed by atoms with Crippen LogP contribution < -0.4 is 10.2 Å². The Balaban J connectivity index is 2.03. The van der Waals surface area contributed by atoms with Gasteiger partial charge in [-0.3, -0.25) is 10.1 Å². The maximum absolute atomic E-state index is 11.6. The van der Waals surface area contributed by atoms with Gasteiger partial charge in [-0.1, -0.05) is 0 Å². The van der Waals surface area contributed by atoms with Gasteiger partial charge in [0, 0.05) is 26.2 Å². The highest BCUT2D eigenvalue weighted by Crippen LogP contribution is 2.39. The van der Waals surface area contributed by atoms with Gasteiger partial charge in [0.2, 0.25) is 5.52 Å². The van der Waals surface area contributed by atoms with Gasteiger partial charge in [-0.25, -0.2) is 4.63 Å². The Morgan fingerprint density at radius 1 is 1.33 bits per heavy atom. The van der Waals surface area contributed by atoms with E-state index in [1.165, 1.54) is 0 Å². The minimum absolute atomic E-state index is 0.0775. The number of ether oxygens (including phenoxy) is 1. The van der Waals surface area contributed by atoms with Gasteiger partial charge < -0.3 is 19.9 Å². The highest BCUT2D eigenvalue weighted by atomic mass is 16.6. The maximum atomic E-state index is 11.6. The minimum Gasteiger partial charge on any atom is -0.382 e. The molecule has 10 nitrogen and oxygen atoms in total. The van der Waals surface area contributed by atoms with Gasteiger partial charge in [0.15, 0.2) is 5.52 Å². The minimum atomic E-state index is -0.430. The molecule has 1 aromatic carbocycles. The SMILES string of the molecule is CN(C)CCNc1cc(N2CCOCC2)c([N+](=O)[O-])c2nonc12. The van der Waals surface area contributed by atoms with Gasteiger partial charge in [-0.2, -0.15) is 0 Å². The summed E-state index contributed by atoms with van der Waals surface area (Å²) in [4.78, 5) is 15.2. The second-order valence-electron chi connectivity index (χ2n) is 5.84. The first kappa shape index (κ1) is 16.4. The Kier molecular flexibility index (Phi) is 4.76. The van der Waals surface area contributed by atoms with Crippen LogP contribution in [0.4, 0.5) is 17.1 Å². The van der Waals surface area contributed by atoms with Crippen LogP contribution in [0.5, 0.6) is 0 Å². The quantitative estimate of drug-likeness (QED) is 0.608. The van der Waals surface area contributed by atoms with E-state index in [9.17, 15) is 10.1 Å². The smallest absolute Gasteiger partial charge is 0.323 e. The fourth-order valence-corrected chi connectivity index (χ4v) is 2.69. The van der Waals surface area contributed by atoms with Crippen molar-refractivity contribution < 1.29 is 14.3 Å². The Morgan fingerprint density at radius 2 is 2.04 bits per heavy atom. The molecule has 1 aliphatic rings. The molecule has 1 aromatic heterocycles. The number of morpholine rings is 1. The molecule has 0 amide bonds. The molecule has 24 heavy (non-hydrogen) atoms. The molecular formula is C14H20N6O4. The number of nitro groups is 1. The highest BCUT2D eigenvalue weighted by molar-refractivity contribution is 5.99.